The van der Waals surface area contributed by atoms with Gasteiger partial charge in [0.05, 0.1) is 7.11 Å². The minimum Gasteiger partial charge on any atom is -0.464 e. The van der Waals surface area contributed by atoms with Gasteiger partial charge < -0.3 is 4.74 Å². The zero-order valence-electron chi connectivity index (χ0n) is 9.01. The van der Waals surface area contributed by atoms with E-state index >= 15 is 0 Å². The summed E-state index contributed by atoms with van der Waals surface area (Å²) in [7, 11) is 1.18. The van der Waals surface area contributed by atoms with Gasteiger partial charge in [0.1, 0.15) is 0 Å². The molecule has 0 amide bonds. The fourth-order valence-corrected chi connectivity index (χ4v) is 1.16. The number of carbonyl (C=O) groups excluding carboxylic acids is 1. The van der Waals surface area contributed by atoms with Crippen LogP contribution in [0.5, 0.6) is 0 Å². The van der Waals surface area contributed by atoms with Gasteiger partial charge in [-0.2, -0.15) is 4.39 Å². The molecule has 0 N–H and O–H groups in total. The summed E-state index contributed by atoms with van der Waals surface area (Å²) in [6, 6.07) is 0. The summed E-state index contributed by atoms with van der Waals surface area (Å²) in [5.41, 5.74) is 0. The van der Waals surface area contributed by atoms with Gasteiger partial charge in [-0.3, -0.25) is 0 Å². The van der Waals surface area contributed by atoms with Gasteiger partial charge in [-0.05, 0) is 18.9 Å². The van der Waals surface area contributed by atoms with Gasteiger partial charge in [-0.25, -0.2) is 4.79 Å². The highest BCUT2D eigenvalue weighted by atomic mass is 19.1. The van der Waals surface area contributed by atoms with Crippen molar-refractivity contribution < 1.29 is 13.9 Å². The summed E-state index contributed by atoms with van der Waals surface area (Å²) in [5.74, 6) is -1.65. The average molecular weight is 202 g/mol. The molecule has 0 aliphatic rings. The maximum atomic E-state index is 12.8. The van der Waals surface area contributed by atoms with Crippen LogP contribution in [0.25, 0.3) is 0 Å². The molecule has 14 heavy (non-hydrogen) atoms. The van der Waals surface area contributed by atoms with Gasteiger partial charge in [-0.15, -0.1) is 0 Å². The highest BCUT2D eigenvalue weighted by Crippen LogP contribution is 2.08. The van der Waals surface area contributed by atoms with Gasteiger partial charge in [0.15, 0.2) is 0 Å². The van der Waals surface area contributed by atoms with E-state index in [0.717, 1.165) is 12.8 Å². The van der Waals surface area contributed by atoms with E-state index in [1.54, 1.807) is 0 Å². The Balaban J connectivity index is 3.46. The normalized spacial score (nSPS) is 11.5. The molecule has 0 aliphatic heterocycles. The number of hydrogen-bond acceptors (Lipinski definition) is 2. The second-order valence-corrected chi connectivity index (χ2v) is 3.25. The number of carbonyl (C=O) groups is 1. The zero-order chi connectivity index (χ0) is 10.8. The second kappa shape index (κ2) is 8.73. The number of hydrogen-bond donors (Lipinski definition) is 0. The van der Waals surface area contributed by atoms with Crippen LogP contribution in [0.3, 0.4) is 0 Å². The van der Waals surface area contributed by atoms with E-state index in [4.69, 9.17) is 0 Å². The Labute approximate surface area is 85.1 Å². The van der Waals surface area contributed by atoms with Gasteiger partial charge in [0.25, 0.3) is 0 Å². The Morgan fingerprint density at radius 3 is 2.50 bits per heavy atom. The van der Waals surface area contributed by atoms with Crippen molar-refractivity contribution in [2.75, 3.05) is 7.11 Å². The maximum Gasteiger partial charge on any atom is 0.366 e. The van der Waals surface area contributed by atoms with Crippen LogP contribution < -0.4 is 0 Å². The lowest BCUT2D eigenvalue weighted by Crippen LogP contribution is -1.99. The summed E-state index contributed by atoms with van der Waals surface area (Å²) in [5, 5.41) is 0. The number of esters is 1. The van der Waals surface area contributed by atoms with Gasteiger partial charge >= 0.3 is 5.97 Å². The van der Waals surface area contributed by atoms with Gasteiger partial charge in [0.2, 0.25) is 5.83 Å². The Morgan fingerprint density at radius 2 is 1.93 bits per heavy atom. The largest absolute Gasteiger partial charge is 0.464 e. The van der Waals surface area contributed by atoms with Crippen molar-refractivity contribution in [1.82, 2.24) is 0 Å². The first kappa shape index (κ1) is 13.1. The summed E-state index contributed by atoms with van der Waals surface area (Å²) in [6.45, 7) is 2.15. The number of ether oxygens (including phenoxy) is 1. The Morgan fingerprint density at radius 1 is 1.29 bits per heavy atom. The molecule has 0 saturated carbocycles. The molecule has 0 atom stereocenters. The average Bonchev–Trinajstić information content (AvgIpc) is 2.21. The van der Waals surface area contributed by atoms with E-state index in [1.807, 2.05) is 0 Å². The molecule has 0 aromatic rings. The molecule has 0 spiro atoms. The zero-order valence-corrected chi connectivity index (χ0v) is 9.01. The fraction of sp³-hybridized carbons (Fsp3) is 0.727. The summed E-state index contributed by atoms with van der Waals surface area (Å²) in [4.78, 5) is 10.6. The van der Waals surface area contributed by atoms with Crippen molar-refractivity contribution in [3.63, 3.8) is 0 Å². The van der Waals surface area contributed by atoms with E-state index in [1.165, 1.54) is 32.4 Å². The molecule has 0 saturated heterocycles. The molecule has 0 aliphatic carbocycles. The molecule has 82 valence electrons. The van der Waals surface area contributed by atoms with E-state index in [9.17, 15) is 9.18 Å². The summed E-state index contributed by atoms with van der Waals surface area (Å²) in [6.07, 6.45) is 7.56. The molecule has 0 fully saturated rings. The number of unbranched alkanes of at least 4 members (excludes halogenated alkanes) is 5. The third kappa shape index (κ3) is 6.63. The second-order valence-electron chi connectivity index (χ2n) is 3.25. The van der Waals surface area contributed by atoms with Crippen LogP contribution in [0.15, 0.2) is 11.9 Å². The van der Waals surface area contributed by atoms with Crippen LogP contribution >= 0.6 is 0 Å². The van der Waals surface area contributed by atoms with Crippen LogP contribution in [-0.2, 0) is 9.53 Å². The molecule has 3 heteroatoms. The minimum absolute atomic E-state index is 0.616. The van der Waals surface area contributed by atoms with E-state index in [0.29, 0.717) is 6.42 Å². The number of rotatable bonds is 7. The lowest BCUT2D eigenvalue weighted by molar-refractivity contribution is -0.137. The number of allylic oxidation sites excluding steroid dienone is 1. The lowest BCUT2D eigenvalue weighted by Gasteiger charge is -1.97. The lowest BCUT2D eigenvalue weighted by atomic mass is 10.1. The van der Waals surface area contributed by atoms with E-state index in [-0.39, 0.29) is 0 Å². The molecule has 0 unspecified atom stereocenters. The highest BCUT2D eigenvalue weighted by molar-refractivity contribution is 5.85. The predicted octanol–water partition coefficient (Wildman–Crippen LogP) is 3.37. The monoisotopic (exact) mass is 202 g/mol. The maximum absolute atomic E-state index is 12.8. The Hall–Kier alpha value is -0.860. The van der Waals surface area contributed by atoms with Crippen LogP contribution in [0, 0.1) is 0 Å². The van der Waals surface area contributed by atoms with E-state index in [2.05, 4.69) is 11.7 Å². The molecule has 0 aromatic heterocycles. The number of halogens is 1. The van der Waals surface area contributed by atoms with Crippen LogP contribution in [-0.4, -0.2) is 13.1 Å². The van der Waals surface area contributed by atoms with Gasteiger partial charge in [-0.1, -0.05) is 32.6 Å². The standard InChI is InChI=1S/C11H19FO2/c1-3-4-5-6-7-8-9-10(12)11(13)14-2/h9H,3-8H2,1-2H3. The third-order valence-electron chi connectivity index (χ3n) is 2.01. The van der Waals surface area contributed by atoms with Crippen molar-refractivity contribution in [1.29, 1.82) is 0 Å². The molecule has 2 nitrogen and oxygen atoms in total. The number of methoxy groups -OCH3 is 1. The van der Waals surface area contributed by atoms with E-state index < -0.39 is 11.8 Å². The molecule has 0 heterocycles. The SMILES string of the molecule is CCCCCCCC=C(F)C(=O)OC. The van der Waals surface area contributed by atoms with Crippen molar-refractivity contribution in [3.05, 3.63) is 11.9 Å². The smallest absolute Gasteiger partial charge is 0.366 e. The third-order valence-corrected chi connectivity index (χ3v) is 2.01. The molecule has 0 rings (SSSR count). The van der Waals surface area contributed by atoms with Gasteiger partial charge in [0, 0.05) is 0 Å². The van der Waals surface area contributed by atoms with Crippen LogP contribution in [0.4, 0.5) is 4.39 Å². The summed E-state index contributed by atoms with van der Waals surface area (Å²) >= 11 is 0. The molecule has 0 aromatic carbocycles. The topological polar surface area (TPSA) is 26.3 Å². The minimum atomic E-state index is -0.876. The fourth-order valence-electron chi connectivity index (χ4n) is 1.16. The van der Waals surface area contributed by atoms with Crippen LogP contribution in [0.2, 0.25) is 0 Å². The van der Waals surface area contributed by atoms with Crippen molar-refractivity contribution in [2.24, 2.45) is 0 Å². The molecular weight excluding hydrogens is 183 g/mol. The van der Waals surface area contributed by atoms with Crippen molar-refractivity contribution in [2.45, 2.75) is 45.4 Å². The Kier molecular flexibility index (Phi) is 8.19. The van der Waals surface area contributed by atoms with Crippen LogP contribution in [0.1, 0.15) is 45.4 Å². The highest BCUT2D eigenvalue weighted by Gasteiger charge is 2.06. The predicted molar refractivity (Wildman–Crippen MR) is 54.6 cm³/mol. The van der Waals surface area contributed by atoms with Crippen molar-refractivity contribution >= 4 is 5.97 Å². The molecule has 0 radical (unpaired) electrons. The Bertz CT molecular complexity index is 188. The first-order chi connectivity index (χ1) is 6.72. The summed E-state index contributed by atoms with van der Waals surface area (Å²) < 4.78 is 17.0. The quantitative estimate of drug-likeness (QED) is 0.359. The molecular formula is C11H19FO2. The first-order valence-corrected chi connectivity index (χ1v) is 5.16. The first-order valence-electron chi connectivity index (χ1n) is 5.16. The van der Waals surface area contributed by atoms with Crippen molar-refractivity contribution in [3.8, 4) is 0 Å². The molecule has 0 bridgehead atoms.